The summed E-state index contributed by atoms with van der Waals surface area (Å²) in [6.07, 6.45) is 1.55. The van der Waals surface area contributed by atoms with Gasteiger partial charge in [-0.25, -0.2) is 4.79 Å². The Kier molecular flexibility index (Phi) is 5.11. The Morgan fingerprint density at radius 3 is 2.42 bits per heavy atom. The fraction of sp³-hybridized carbons (Fsp3) is 0.300. The largest absolute Gasteiger partial charge is 0.508 e. The number of nitrogens with zero attached hydrogens (tertiary/aromatic N) is 1. The molecule has 0 heterocycles. The number of aromatic hydroxyl groups is 1. The number of fused-ring (bicyclic) bond motifs is 1. The van der Waals surface area contributed by atoms with E-state index in [0.717, 1.165) is 17.5 Å². The number of carbonyl (C=O) groups excluding carboxylic acids is 1. The highest BCUT2D eigenvalue weighted by molar-refractivity contribution is 6.03. The first-order chi connectivity index (χ1) is 12.5. The van der Waals surface area contributed by atoms with Crippen molar-refractivity contribution in [2.45, 2.75) is 19.8 Å². The van der Waals surface area contributed by atoms with Crippen LogP contribution in [0.4, 0.5) is 0 Å². The van der Waals surface area contributed by atoms with Crippen molar-refractivity contribution in [3.63, 3.8) is 0 Å². The maximum Gasteiger partial charge on any atom is 0.366 e. The molecule has 0 aliphatic heterocycles. The lowest BCUT2D eigenvalue weighted by molar-refractivity contribution is 0.0514. The SMILES string of the molecule is COc1cc(OC)cc(C(=O)ON=C2CC(C)Cc3cc(O)ccc32)c1. The van der Waals surface area contributed by atoms with Crippen LogP contribution in [0.2, 0.25) is 0 Å². The summed E-state index contributed by atoms with van der Waals surface area (Å²) in [5.74, 6) is 0.969. The minimum atomic E-state index is -0.590. The molecule has 0 saturated heterocycles. The van der Waals surface area contributed by atoms with E-state index < -0.39 is 5.97 Å². The highest BCUT2D eigenvalue weighted by atomic mass is 16.7. The van der Waals surface area contributed by atoms with Crippen molar-refractivity contribution in [2.24, 2.45) is 11.1 Å². The first kappa shape index (κ1) is 17.8. The standard InChI is InChI=1S/C20H21NO5/c1-12-6-13-8-15(22)4-5-18(13)19(7-12)21-26-20(23)14-9-16(24-2)11-17(10-14)25-3/h4-5,8-12,22H,6-7H2,1-3H3. The average molecular weight is 355 g/mol. The van der Waals surface area contributed by atoms with Crippen LogP contribution >= 0.6 is 0 Å². The lowest BCUT2D eigenvalue weighted by atomic mass is 9.83. The monoisotopic (exact) mass is 355 g/mol. The van der Waals surface area contributed by atoms with Crippen LogP contribution < -0.4 is 9.47 Å². The van der Waals surface area contributed by atoms with Gasteiger partial charge < -0.3 is 19.4 Å². The first-order valence-electron chi connectivity index (χ1n) is 8.33. The molecule has 1 unspecified atom stereocenters. The van der Waals surface area contributed by atoms with E-state index >= 15 is 0 Å². The van der Waals surface area contributed by atoms with Crippen molar-refractivity contribution < 1.29 is 24.2 Å². The zero-order valence-corrected chi connectivity index (χ0v) is 15.0. The van der Waals surface area contributed by atoms with E-state index in [0.29, 0.717) is 35.1 Å². The third-order valence-corrected chi connectivity index (χ3v) is 4.34. The van der Waals surface area contributed by atoms with Crippen molar-refractivity contribution in [1.82, 2.24) is 0 Å². The molecule has 1 N–H and O–H groups in total. The van der Waals surface area contributed by atoms with Crippen molar-refractivity contribution in [2.75, 3.05) is 14.2 Å². The molecule has 26 heavy (non-hydrogen) atoms. The molecule has 3 rings (SSSR count). The van der Waals surface area contributed by atoms with Gasteiger partial charge in [0, 0.05) is 11.6 Å². The van der Waals surface area contributed by atoms with Gasteiger partial charge in [0.2, 0.25) is 0 Å². The summed E-state index contributed by atoms with van der Waals surface area (Å²) >= 11 is 0. The van der Waals surface area contributed by atoms with Gasteiger partial charge in [-0.1, -0.05) is 12.1 Å². The van der Waals surface area contributed by atoms with Crippen LogP contribution in [0.25, 0.3) is 0 Å². The van der Waals surface area contributed by atoms with Crippen molar-refractivity contribution in [1.29, 1.82) is 0 Å². The third kappa shape index (κ3) is 3.79. The molecular weight excluding hydrogens is 334 g/mol. The Balaban J connectivity index is 1.85. The Morgan fingerprint density at radius 2 is 1.77 bits per heavy atom. The van der Waals surface area contributed by atoms with E-state index in [9.17, 15) is 9.90 Å². The maximum atomic E-state index is 12.4. The lowest BCUT2D eigenvalue weighted by Gasteiger charge is -2.22. The molecule has 6 nitrogen and oxygen atoms in total. The van der Waals surface area contributed by atoms with Gasteiger partial charge in [0.25, 0.3) is 0 Å². The molecule has 0 spiro atoms. The van der Waals surface area contributed by atoms with E-state index in [4.69, 9.17) is 14.3 Å². The quantitative estimate of drug-likeness (QED) is 0.670. The molecule has 0 fully saturated rings. The van der Waals surface area contributed by atoms with Gasteiger partial charge in [0.1, 0.15) is 17.2 Å². The van der Waals surface area contributed by atoms with E-state index in [2.05, 4.69) is 12.1 Å². The predicted octanol–water partition coefficient (Wildman–Crippen LogP) is 3.55. The second-order valence-electron chi connectivity index (χ2n) is 6.37. The number of rotatable bonds is 4. The molecule has 1 atom stereocenters. The number of hydrogen-bond donors (Lipinski definition) is 1. The number of ether oxygens (including phenoxy) is 2. The molecule has 1 aliphatic carbocycles. The Morgan fingerprint density at radius 1 is 1.08 bits per heavy atom. The fourth-order valence-corrected chi connectivity index (χ4v) is 3.08. The number of benzene rings is 2. The third-order valence-electron chi connectivity index (χ3n) is 4.34. The fourth-order valence-electron chi connectivity index (χ4n) is 3.08. The number of methoxy groups -OCH3 is 2. The minimum absolute atomic E-state index is 0.220. The molecule has 0 radical (unpaired) electrons. The second-order valence-corrected chi connectivity index (χ2v) is 6.37. The van der Waals surface area contributed by atoms with Gasteiger partial charge >= 0.3 is 5.97 Å². The van der Waals surface area contributed by atoms with Crippen LogP contribution in [-0.2, 0) is 11.3 Å². The molecule has 0 bridgehead atoms. The van der Waals surface area contributed by atoms with Gasteiger partial charge in [0.05, 0.1) is 25.5 Å². The lowest BCUT2D eigenvalue weighted by Crippen LogP contribution is -2.19. The normalized spacial score (nSPS) is 17.5. The first-order valence-corrected chi connectivity index (χ1v) is 8.33. The molecule has 0 aromatic heterocycles. The van der Waals surface area contributed by atoms with Crippen LogP contribution in [0.15, 0.2) is 41.6 Å². The molecule has 2 aromatic carbocycles. The molecule has 0 amide bonds. The Labute approximate surface area is 152 Å². The number of hydrogen-bond acceptors (Lipinski definition) is 6. The topological polar surface area (TPSA) is 77.4 Å². The van der Waals surface area contributed by atoms with Crippen molar-refractivity contribution in [3.05, 3.63) is 53.1 Å². The van der Waals surface area contributed by atoms with Gasteiger partial charge in [0.15, 0.2) is 0 Å². The number of phenolic OH excluding ortho intramolecular Hbond substituents is 1. The Bertz CT molecular complexity index is 837. The summed E-state index contributed by atoms with van der Waals surface area (Å²) in [6.45, 7) is 2.09. The van der Waals surface area contributed by atoms with E-state index in [-0.39, 0.29) is 5.75 Å². The van der Waals surface area contributed by atoms with E-state index in [1.807, 2.05) is 0 Å². The van der Waals surface area contributed by atoms with Crippen LogP contribution in [0.1, 0.15) is 34.8 Å². The average Bonchev–Trinajstić information content (AvgIpc) is 2.64. The van der Waals surface area contributed by atoms with Crippen LogP contribution in [0.3, 0.4) is 0 Å². The van der Waals surface area contributed by atoms with Crippen LogP contribution in [0.5, 0.6) is 17.2 Å². The van der Waals surface area contributed by atoms with E-state index in [1.54, 1.807) is 36.4 Å². The maximum absolute atomic E-state index is 12.4. The molecule has 2 aromatic rings. The van der Waals surface area contributed by atoms with Crippen LogP contribution in [-0.4, -0.2) is 31.0 Å². The second kappa shape index (κ2) is 7.47. The Hall–Kier alpha value is -3.02. The summed E-state index contributed by atoms with van der Waals surface area (Å²) in [5, 5.41) is 13.8. The number of phenols is 1. The van der Waals surface area contributed by atoms with Gasteiger partial charge in [-0.05, 0) is 54.7 Å². The van der Waals surface area contributed by atoms with Crippen molar-refractivity contribution in [3.8, 4) is 17.2 Å². The summed E-state index contributed by atoms with van der Waals surface area (Å²) in [6, 6.07) is 9.96. The number of carbonyl (C=O) groups is 1. The zero-order valence-electron chi connectivity index (χ0n) is 15.0. The van der Waals surface area contributed by atoms with Gasteiger partial charge in [-0.3, -0.25) is 0 Å². The summed E-state index contributed by atoms with van der Waals surface area (Å²) in [7, 11) is 3.03. The summed E-state index contributed by atoms with van der Waals surface area (Å²) in [4.78, 5) is 17.6. The molecular formula is C20H21NO5. The minimum Gasteiger partial charge on any atom is -0.508 e. The highest BCUT2D eigenvalue weighted by Crippen LogP contribution is 2.29. The number of oxime groups is 1. The summed E-state index contributed by atoms with van der Waals surface area (Å²) in [5.41, 5.74) is 2.89. The van der Waals surface area contributed by atoms with Gasteiger partial charge in [-0.2, -0.15) is 0 Å². The zero-order chi connectivity index (χ0) is 18.7. The van der Waals surface area contributed by atoms with Gasteiger partial charge in [-0.15, -0.1) is 0 Å². The van der Waals surface area contributed by atoms with Crippen molar-refractivity contribution >= 4 is 11.7 Å². The smallest absolute Gasteiger partial charge is 0.366 e. The molecule has 136 valence electrons. The van der Waals surface area contributed by atoms with Crippen LogP contribution in [0, 0.1) is 5.92 Å². The summed E-state index contributed by atoms with van der Waals surface area (Å²) < 4.78 is 10.3. The molecule has 0 saturated carbocycles. The van der Waals surface area contributed by atoms with E-state index in [1.165, 1.54) is 14.2 Å². The predicted molar refractivity (Wildman–Crippen MR) is 97.1 cm³/mol. The molecule has 1 aliphatic rings. The molecule has 6 heteroatoms. The highest BCUT2D eigenvalue weighted by Gasteiger charge is 2.22.